The van der Waals surface area contributed by atoms with E-state index >= 15 is 0 Å². The zero-order valence-electron chi connectivity index (χ0n) is 15.6. The lowest BCUT2D eigenvalue weighted by Crippen LogP contribution is -2.13. The highest BCUT2D eigenvalue weighted by atomic mass is 16.6. The molecule has 31 heavy (non-hydrogen) atoms. The number of nitro groups is 1. The predicted molar refractivity (Wildman–Crippen MR) is 108 cm³/mol. The van der Waals surface area contributed by atoms with Crippen LogP contribution in [0.4, 0.5) is 11.4 Å². The maximum absolute atomic E-state index is 12.6. The summed E-state index contributed by atoms with van der Waals surface area (Å²) in [5.74, 6) is -2.68. The standard InChI is InChI=1S/C21H14N2O8/c24-19(22-15-9-13(20(25)26)8-14(10-15)21(27)28)12-2-1-3-18(11-12)31-17-6-4-16(5-7-17)23(29)30/h1-11H,(H,22,24)(H,25,26)(H,27,28). The van der Waals surface area contributed by atoms with Crippen LogP contribution in [0.5, 0.6) is 11.5 Å². The normalized spacial score (nSPS) is 10.2. The number of hydrogen-bond acceptors (Lipinski definition) is 6. The van der Waals surface area contributed by atoms with Gasteiger partial charge in [-0.1, -0.05) is 6.07 Å². The second-order valence-corrected chi connectivity index (χ2v) is 6.24. The van der Waals surface area contributed by atoms with E-state index in [1.165, 1.54) is 36.4 Å². The highest BCUT2D eigenvalue weighted by Crippen LogP contribution is 2.25. The van der Waals surface area contributed by atoms with Crippen molar-refractivity contribution in [3.8, 4) is 11.5 Å². The summed E-state index contributed by atoms with van der Waals surface area (Å²) in [4.78, 5) is 45.1. The van der Waals surface area contributed by atoms with Crippen LogP contribution >= 0.6 is 0 Å². The smallest absolute Gasteiger partial charge is 0.335 e. The van der Waals surface area contributed by atoms with Crippen molar-refractivity contribution in [2.75, 3.05) is 5.32 Å². The fraction of sp³-hybridized carbons (Fsp3) is 0. The zero-order valence-corrected chi connectivity index (χ0v) is 15.6. The van der Waals surface area contributed by atoms with E-state index in [2.05, 4.69) is 5.32 Å². The first-order valence-electron chi connectivity index (χ1n) is 8.68. The number of amides is 1. The molecule has 0 aromatic heterocycles. The van der Waals surface area contributed by atoms with Gasteiger partial charge >= 0.3 is 11.9 Å². The number of carbonyl (C=O) groups excluding carboxylic acids is 1. The number of nitrogens with zero attached hydrogens (tertiary/aromatic N) is 1. The predicted octanol–water partition coefficient (Wildman–Crippen LogP) is 4.04. The number of nitro benzene ring substituents is 1. The lowest BCUT2D eigenvalue weighted by molar-refractivity contribution is -0.384. The molecule has 0 atom stereocenters. The van der Waals surface area contributed by atoms with E-state index in [1.807, 2.05) is 0 Å². The molecule has 0 fully saturated rings. The van der Waals surface area contributed by atoms with Crippen LogP contribution in [0.1, 0.15) is 31.1 Å². The molecule has 0 aliphatic carbocycles. The number of benzene rings is 3. The molecule has 0 saturated carbocycles. The van der Waals surface area contributed by atoms with Gasteiger partial charge in [-0.15, -0.1) is 0 Å². The summed E-state index contributed by atoms with van der Waals surface area (Å²) in [6.45, 7) is 0. The van der Waals surface area contributed by atoms with E-state index in [-0.39, 0.29) is 33.8 Å². The highest BCUT2D eigenvalue weighted by Gasteiger charge is 2.14. The Labute approximate surface area is 174 Å². The molecule has 10 nitrogen and oxygen atoms in total. The number of carboxylic acids is 2. The summed E-state index contributed by atoms with van der Waals surface area (Å²) in [7, 11) is 0. The molecule has 1 amide bonds. The van der Waals surface area contributed by atoms with Crippen LogP contribution in [0.25, 0.3) is 0 Å². The van der Waals surface area contributed by atoms with E-state index in [1.54, 1.807) is 12.1 Å². The minimum Gasteiger partial charge on any atom is -0.478 e. The van der Waals surface area contributed by atoms with Gasteiger partial charge in [-0.2, -0.15) is 0 Å². The second kappa shape index (κ2) is 8.74. The van der Waals surface area contributed by atoms with E-state index in [0.29, 0.717) is 5.75 Å². The quantitative estimate of drug-likeness (QED) is 0.380. The number of anilines is 1. The molecule has 3 N–H and O–H groups in total. The van der Waals surface area contributed by atoms with Crippen molar-refractivity contribution in [1.82, 2.24) is 0 Å². The number of hydrogen-bond donors (Lipinski definition) is 3. The van der Waals surface area contributed by atoms with Crippen molar-refractivity contribution in [1.29, 1.82) is 0 Å². The minimum absolute atomic E-state index is 0.00369. The van der Waals surface area contributed by atoms with Gasteiger partial charge in [0.05, 0.1) is 16.1 Å². The number of rotatable bonds is 7. The molecule has 0 radical (unpaired) electrons. The van der Waals surface area contributed by atoms with Crippen molar-refractivity contribution in [3.05, 3.63) is 93.5 Å². The summed E-state index contributed by atoms with van der Waals surface area (Å²) < 4.78 is 5.60. The molecule has 0 saturated heterocycles. The van der Waals surface area contributed by atoms with Gasteiger partial charge in [0.25, 0.3) is 11.6 Å². The number of non-ortho nitro benzene ring substituents is 1. The molecular weight excluding hydrogens is 408 g/mol. The first kappa shape index (κ1) is 21.0. The minimum atomic E-state index is -1.34. The molecule has 0 aliphatic heterocycles. The van der Waals surface area contributed by atoms with Crippen molar-refractivity contribution in [2.24, 2.45) is 0 Å². The third-order valence-electron chi connectivity index (χ3n) is 4.06. The van der Waals surface area contributed by atoms with Gasteiger partial charge in [-0.25, -0.2) is 9.59 Å². The fourth-order valence-corrected chi connectivity index (χ4v) is 2.62. The molecular formula is C21H14N2O8. The van der Waals surface area contributed by atoms with Gasteiger partial charge < -0.3 is 20.3 Å². The summed E-state index contributed by atoms with van der Waals surface area (Å²) in [5.41, 5.74) is -0.498. The van der Waals surface area contributed by atoms with Crippen molar-refractivity contribution in [3.63, 3.8) is 0 Å². The number of nitrogens with one attached hydrogen (secondary N) is 1. The van der Waals surface area contributed by atoms with Crippen molar-refractivity contribution >= 4 is 29.2 Å². The zero-order chi connectivity index (χ0) is 22.5. The van der Waals surface area contributed by atoms with Gasteiger partial charge in [-0.05, 0) is 48.5 Å². The summed E-state index contributed by atoms with van der Waals surface area (Å²) >= 11 is 0. The molecule has 0 heterocycles. The van der Waals surface area contributed by atoms with Crippen LogP contribution < -0.4 is 10.1 Å². The fourth-order valence-electron chi connectivity index (χ4n) is 2.62. The topological polar surface area (TPSA) is 156 Å². The highest BCUT2D eigenvalue weighted by molar-refractivity contribution is 6.06. The summed E-state index contributed by atoms with van der Waals surface area (Å²) in [6, 6.07) is 14.7. The second-order valence-electron chi connectivity index (χ2n) is 6.24. The molecule has 0 aliphatic rings. The molecule has 0 bridgehead atoms. The Kier molecular flexibility index (Phi) is 5.92. The third-order valence-corrected chi connectivity index (χ3v) is 4.06. The number of carboxylic acid groups (broad SMARTS) is 2. The number of ether oxygens (including phenoxy) is 1. The van der Waals surface area contributed by atoms with Gasteiger partial charge in [0.1, 0.15) is 11.5 Å². The maximum Gasteiger partial charge on any atom is 0.335 e. The van der Waals surface area contributed by atoms with Crippen LogP contribution in [0.2, 0.25) is 0 Å². The van der Waals surface area contributed by atoms with Crippen LogP contribution in [-0.2, 0) is 0 Å². The molecule has 0 spiro atoms. The van der Waals surface area contributed by atoms with E-state index in [9.17, 15) is 24.5 Å². The lowest BCUT2D eigenvalue weighted by atomic mass is 10.1. The van der Waals surface area contributed by atoms with Crippen LogP contribution in [-0.4, -0.2) is 33.0 Å². The SMILES string of the molecule is O=C(O)c1cc(NC(=O)c2cccc(Oc3ccc([N+](=O)[O-])cc3)c2)cc(C(=O)O)c1. The molecule has 3 aromatic carbocycles. The molecule has 3 rings (SSSR count). The van der Waals surface area contributed by atoms with Crippen LogP contribution in [0.15, 0.2) is 66.7 Å². The van der Waals surface area contributed by atoms with Gasteiger partial charge in [0, 0.05) is 23.4 Å². The average Bonchev–Trinajstić information content (AvgIpc) is 2.74. The maximum atomic E-state index is 12.6. The van der Waals surface area contributed by atoms with E-state index in [4.69, 9.17) is 14.9 Å². The average molecular weight is 422 g/mol. The van der Waals surface area contributed by atoms with Gasteiger partial charge in [-0.3, -0.25) is 14.9 Å². The molecule has 3 aromatic rings. The third kappa shape index (κ3) is 5.21. The van der Waals surface area contributed by atoms with Crippen molar-refractivity contribution < 1.29 is 34.3 Å². The van der Waals surface area contributed by atoms with E-state index < -0.39 is 22.8 Å². The first-order chi connectivity index (χ1) is 14.7. The Hall–Kier alpha value is -4.73. The number of aromatic carboxylic acids is 2. The largest absolute Gasteiger partial charge is 0.478 e. The van der Waals surface area contributed by atoms with Gasteiger partial charge in [0.2, 0.25) is 0 Å². The Balaban J connectivity index is 1.79. The van der Waals surface area contributed by atoms with Crippen LogP contribution in [0, 0.1) is 10.1 Å². The Morgan fingerprint density at radius 1 is 0.806 bits per heavy atom. The first-order valence-corrected chi connectivity index (χ1v) is 8.68. The molecule has 10 heteroatoms. The lowest BCUT2D eigenvalue weighted by Gasteiger charge is -2.10. The summed E-state index contributed by atoms with van der Waals surface area (Å²) in [6.07, 6.45) is 0. The molecule has 0 unspecified atom stereocenters. The van der Waals surface area contributed by atoms with E-state index in [0.717, 1.165) is 18.2 Å². The van der Waals surface area contributed by atoms with Crippen LogP contribution in [0.3, 0.4) is 0 Å². The Morgan fingerprint density at radius 3 is 1.97 bits per heavy atom. The van der Waals surface area contributed by atoms with Crippen molar-refractivity contribution in [2.45, 2.75) is 0 Å². The monoisotopic (exact) mass is 422 g/mol. The summed E-state index contributed by atoms with van der Waals surface area (Å²) in [5, 5.41) is 31.4. The Bertz CT molecular complexity index is 1160. The van der Waals surface area contributed by atoms with Gasteiger partial charge in [0.15, 0.2) is 0 Å². The Morgan fingerprint density at radius 2 is 1.42 bits per heavy atom. The number of carbonyl (C=O) groups is 3. The molecule has 156 valence electrons.